The maximum absolute atomic E-state index is 12.9. The normalized spacial score (nSPS) is 17.5. The smallest absolute Gasteiger partial charge is 0.308 e. The minimum absolute atomic E-state index is 0.0699. The average molecular weight is 344 g/mol. The lowest BCUT2D eigenvalue weighted by atomic mass is 10.1. The Bertz CT molecular complexity index is 745. The average Bonchev–Trinajstić information content (AvgIpc) is 3.18. The molecular weight excluding hydrogens is 328 g/mol. The number of esters is 1. The van der Waals surface area contributed by atoms with E-state index in [9.17, 15) is 9.59 Å². The van der Waals surface area contributed by atoms with Crippen molar-refractivity contribution in [2.24, 2.45) is 0 Å². The number of hydrogen-bond acceptors (Lipinski definition) is 5. The van der Waals surface area contributed by atoms with E-state index < -0.39 is 12.0 Å². The highest BCUT2D eigenvalue weighted by atomic mass is 32.1. The topological polar surface area (TPSA) is 63.0 Å². The van der Waals surface area contributed by atoms with Crippen LogP contribution in [0.15, 0.2) is 53.1 Å². The van der Waals surface area contributed by atoms with E-state index in [1.807, 2.05) is 18.2 Å². The zero-order valence-electron chi connectivity index (χ0n) is 13.0. The molecule has 24 heavy (non-hydrogen) atoms. The first-order chi connectivity index (χ1) is 11.6. The zero-order valence-corrected chi connectivity index (χ0v) is 13.9. The number of para-hydroxylation sites is 1. The first-order valence-electron chi connectivity index (χ1n) is 7.40. The Kier molecular flexibility index (Phi) is 4.61. The van der Waals surface area contributed by atoms with Crippen molar-refractivity contribution in [2.75, 3.05) is 12.0 Å². The van der Waals surface area contributed by atoms with Crippen LogP contribution >= 0.6 is 12.2 Å². The van der Waals surface area contributed by atoms with Gasteiger partial charge in [-0.2, -0.15) is 0 Å². The molecule has 1 aliphatic rings. The molecule has 1 atom stereocenters. The molecule has 1 aromatic heterocycles. The molecule has 0 saturated carbocycles. The van der Waals surface area contributed by atoms with Gasteiger partial charge in [0.1, 0.15) is 11.8 Å². The Labute approximate surface area is 144 Å². The van der Waals surface area contributed by atoms with Crippen LogP contribution in [0, 0.1) is 0 Å². The zero-order chi connectivity index (χ0) is 17.1. The van der Waals surface area contributed by atoms with Crippen molar-refractivity contribution < 1.29 is 18.7 Å². The fraction of sp³-hybridized carbons (Fsp3) is 0.235. The van der Waals surface area contributed by atoms with Gasteiger partial charge in [0.05, 0.1) is 32.0 Å². The molecule has 0 bridgehead atoms. The minimum atomic E-state index is -0.713. The summed E-state index contributed by atoms with van der Waals surface area (Å²) in [6.45, 7) is 0.308. The fourth-order valence-electron chi connectivity index (χ4n) is 2.64. The Morgan fingerprint density at radius 2 is 2.00 bits per heavy atom. The molecule has 2 aromatic rings. The van der Waals surface area contributed by atoms with Crippen molar-refractivity contribution in [2.45, 2.75) is 19.0 Å². The molecule has 2 heterocycles. The number of hydrogen-bond donors (Lipinski definition) is 0. The summed E-state index contributed by atoms with van der Waals surface area (Å²) in [5.74, 6) is -0.0476. The van der Waals surface area contributed by atoms with Crippen LogP contribution in [0.25, 0.3) is 0 Å². The molecule has 3 rings (SSSR count). The first-order valence-corrected chi connectivity index (χ1v) is 7.81. The third kappa shape index (κ3) is 3.03. The van der Waals surface area contributed by atoms with Crippen LogP contribution in [0.2, 0.25) is 0 Å². The van der Waals surface area contributed by atoms with E-state index in [4.69, 9.17) is 21.4 Å². The van der Waals surface area contributed by atoms with Gasteiger partial charge in [0.15, 0.2) is 5.11 Å². The first kappa shape index (κ1) is 16.2. The fourth-order valence-corrected chi connectivity index (χ4v) is 3.03. The molecule has 0 aliphatic carbocycles. The van der Waals surface area contributed by atoms with E-state index in [2.05, 4.69) is 0 Å². The van der Waals surface area contributed by atoms with E-state index in [-0.39, 0.29) is 12.3 Å². The molecule has 1 unspecified atom stereocenters. The third-order valence-electron chi connectivity index (χ3n) is 3.83. The maximum Gasteiger partial charge on any atom is 0.308 e. The Hall–Kier alpha value is -2.67. The molecule has 1 aromatic carbocycles. The number of amides is 1. The number of benzene rings is 1. The predicted molar refractivity (Wildman–Crippen MR) is 91.2 cm³/mol. The molecular formula is C17H16N2O4S. The van der Waals surface area contributed by atoms with Crippen molar-refractivity contribution >= 4 is 34.9 Å². The predicted octanol–water partition coefficient (Wildman–Crippen LogP) is 2.34. The molecule has 0 spiro atoms. The summed E-state index contributed by atoms with van der Waals surface area (Å²) in [5, 5.41) is 0.344. The lowest BCUT2D eigenvalue weighted by Gasteiger charge is -2.22. The van der Waals surface area contributed by atoms with Crippen LogP contribution in [-0.4, -0.2) is 35.0 Å². The van der Waals surface area contributed by atoms with Crippen molar-refractivity contribution in [1.82, 2.24) is 4.90 Å². The summed E-state index contributed by atoms with van der Waals surface area (Å²) in [4.78, 5) is 27.7. The molecule has 0 N–H and O–H groups in total. The summed E-state index contributed by atoms with van der Waals surface area (Å²) in [5.41, 5.74) is 0.671. The molecule has 1 fully saturated rings. The quantitative estimate of drug-likeness (QED) is 0.613. The Morgan fingerprint density at radius 3 is 2.62 bits per heavy atom. The highest BCUT2D eigenvalue weighted by Gasteiger charge is 2.44. The standard InChI is InChI=1S/C17H16N2O4S/c1-22-15(20)10-14-16(21)19(12-6-3-2-4-7-12)17(24)18(14)11-13-8-5-9-23-13/h2-9,14H,10-11H2,1H3. The second kappa shape index (κ2) is 6.84. The maximum atomic E-state index is 12.9. The summed E-state index contributed by atoms with van der Waals surface area (Å²) in [6.07, 6.45) is 1.49. The van der Waals surface area contributed by atoms with Gasteiger partial charge >= 0.3 is 5.97 Å². The van der Waals surface area contributed by atoms with Gasteiger partial charge in [-0.3, -0.25) is 14.5 Å². The van der Waals surface area contributed by atoms with Crippen LogP contribution in [0.5, 0.6) is 0 Å². The number of methoxy groups -OCH3 is 1. The number of carbonyl (C=O) groups is 2. The number of thiocarbonyl (C=S) groups is 1. The minimum Gasteiger partial charge on any atom is -0.469 e. The Morgan fingerprint density at radius 1 is 1.25 bits per heavy atom. The van der Waals surface area contributed by atoms with E-state index in [1.165, 1.54) is 12.0 Å². The van der Waals surface area contributed by atoms with Gasteiger partial charge in [-0.1, -0.05) is 18.2 Å². The van der Waals surface area contributed by atoms with Gasteiger partial charge in [0.25, 0.3) is 5.91 Å². The third-order valence-corrected chi connectivity index (χ3v) is 4.24. The highest BCUT2D eigenvalue weighted by molar-refractivity contribution is 7.80. The van der Waals surface area contributed by atoms with Crippen LogP contribution in [-0.2, 0) is 20.9 Å². The summed E-state index contributed by atoms with van der Waals surface area (Å²) >= 11 is 5.50. The van der Waals surface area contributed by atoms with Crippen LogP contribution < -0.4 is 4.90 Å². The number of ether oxygens (including phenoxy) is 1. The summed E-state index contributed by atoms with van der Waals surface area (Å²) < 4.78 is 10.1. The molecule has 6 nitrogen and oxygen atoms in total. The lowest BCUT2D eigenvalue weighted by molar-refractivity contribution is -0.143. The summed E-state index contributed by atoms with van der Waals surface area (Å²) in [6, 6.07) is 12.0. The van der Waals surface area contributed by atoms with Crippen LogP contribution in [0.4, 0.5) is 5.69 Å². The van der Waals surface area contributed by atoms with Gasteiger partial charge in [-0.05, 0) is 36.5 Å². The monoisotopic (exact) mass is 344 g/mol. The molecule has 1 aliphatic heterocycles. The number of rotatable bonds is 5. The second-order valence-electron chi connectivity index (χ2n) is 5.30. The van der Waals surface area contributed by atoms with Crippen molar-refractivity contribution in [3.8, 4) is 0 Å². The number of anilines is 1. The molecule has 124 valence electrons. The summed E-state index contributed by atoms with van der Waals surface area (Å²) in [7, 11) is 1.30. The van der Waals surface area contributed by atoms with Gasteiger partial charge in [-0.25, -0.2) is 0 Å². The van der Waals surface area contributed by atoms with Gasteiger partial charge in [-0.15, -0.1) is 0 Å². The Balaban J connectivity index is 1.92. The number of furan rings is 1. The number of carbonyl (C=O) groups excluding carboxylic acids is 2. The van der Waals surface area contributed by atoms with Crippen molar-refractivity contribution in [1.29, 1.82) is 0 Å². The molecule has 0 radical (unpaired) electrons. The SMILES string of the molecule is COC(=O)CC1C(=O)N(c2ccccc2)C(=S)N1Cc1ccco1. The van der Waals surface area contributed by atoms with Gasteiger partial charge in [0.2, 0.25) is 0 Å². The molecule has 1 amide bonds. The van der Waals surface area contributed by atoms with Gasteiger partial charge < -0.3 is 14.1 Å². The van der Waals surface area contributed by atoms with Crippen LogP contribution in [0.3, 0.4) is 0 Å². The second-order valence-corrected chi connectivity index (χ2v) is 5.66. The van der Waals surface area contributed by atoms with E-state index in [0.29, 0.717) is 23.1 Å². The van der Waals surface area contributed by atoms with E-state index in [0.717, 1.165) is 0 Å². The van der Waals surface area contributed by atoms with E-state index in [1.54, 1.807) is 35.4 Å². The number of nitrogens with zero attached hydrogens (tertiary/aromatic N) is 2. The van der Waals surface area contributed by atoms with Crippen molar-refractivity contribution in [3.63, 3.8) is 0 Å². The molecule has 1 saturated heterocycles. The highest BCUT2D eigenvalue weighted by Crippen LogP contribution is 2.28. The largest absolute Gasteiger partial charge is 0.469 e. The lowest BCUT2D eigenvalue weighted by Crippen LogP contribution is -2.36. The molecule has 7 heteroatoms. The van der Waals surface area contributed by atoms with E-state index >= 15 is 0 Å². The van der Waals surface area contributed by atoms with Crippen molar-refractivity contribution in [3.05, 3.63) is 54.5 Å². The van der Waals surface area contributed by atoms with Crippen LogP contribution in [0.1, 0.15) is 12.2 Å². The van der Waals surface area contributed by atoms with Gasteiger partial charge in [0, 0.05) is 0 Å².